The van der Waals surface area contributed by atoms with Crippen molar-refractivity contribution in [2.45, 2.75) is 38.2 Å². The fourth-order valence-electron chi connectivity index (χ4n) is 1.61. The maximum absolute atomic E-state index is 10.7. The summed E-state index contributed by atoms with van der Waals surface area (Å²) in [4.78, 5) is 10.7. The van der Waals surface area contributed by atoms with E-state index in [-0.39, 0.29) is 5.91 Å². The number of nitrogens with zero attached hydrogens (tertiary/aromatic N) is 1. The largest absolute Gasteiger partial charge is 0.476 e. The average Bonchev–Trinajstić information content (AvgIpc) is 2.63. The summed E-state index contributed by atoms with van der Waals surface area (Å²) in [5.74, 6) is 0.495. The maximum atomic E-state index is 10.7. The summed E-state index contributed by atoms with van der Waals surface area (Å²) in [5, 5.41) is 3.78. The fourth-order valence-corrected chi connectivity index (χ4v) is 1.61. The lowest BCUT2D eigenvalue weighted by molar-refractivity contribution is -0.119. The number of nitrogens with one attached hydrogen (secondary N) is 1. The number of ether oxygens (including phenoxy) is 1. The van der Waals surface area contributed by atoms with Crippen LogP contribution in [-0.2, 0) is 9.53 Å². The van der Waals surface area contributed by atoms with Crippen molar-refractivity contribution >= 4 is 11.8 Å². The van der Waals surface area contributed by atoms with E-state index in [9.17, 15) is 4.79 Å². The number of carbonyl (C=O) groups is 1. The molecule has 0 aromatic rings. The van der Waals surface area contributed by atoms with Gasteiger partial charge in [-0.1, -0.05) is 0 Å². The second-order valence-corrected chi connectivity index (χ2v) is 3.24. The molecule has 2 aliphatic rings. The van der Waals surface area contributed by atoms with E-state index < -0.39 is 0 Å². The van der Waals surface area contributed by atoms with Gasteiger partial charge in [0.1, 0.15) is 12.5 Å². The molecule has 1 saturated carbocycles. The van der Waals surface area contributed by atoms with Crippen LogP contribution in [0.25, 0.3) is 0 Å². The standard InChI is InChI=1S/C8H12N2O2/c11-7-5-8(10-9-7)12-6-3-1-2-4-6/h6H,1-5H2,(H,9,11). The molecule has 1 heterocycles. The Kier molecular flexibility index (Phi) is 1.98. The van der Waals surface area contributed by atoms with Crippen molar-refractivity contribution in [1.29, 1.82) is 0 Å². The SMILES string of the molecule is O=C1CC(OC2CCCC2)=NN1. The van der Waals surface area contributed by atoms with Crippen molar-refractivity contribution in [1.82, 2.24) is 5.43 Å². The molecular weight excluding hydrogens is 156 g/mol. The van der Waals surface area contributed by atoms with Crippen LogP contribution in [0.3, 0.4) is 0 Å². The number of carbonyl (C=O) groups excluding carboxylic acids is 1. The predicted molar refractivity (Wildman–Crippen MR) is 43.5 cm³/mol. The number of hydrazone groups is 1. The number of rotatable bonds is 1. The zero-order valence-corrected chi connectivity index (χ0v) is 6.88. The lowest BCUT2D eigenvalue weighted by Gasteiger charge is -2.10. The van der Waals surface area contributed by atoms with E-state index in [1.54, 1.807) is 0 Å². The van der Waals surface area contributed by atoms with Crippen LogP contribution >= 0.6 is 0 Å². The summed E-state index contributed by atoms with van der Waals surface area (Å²) in [6.07, 6.45) is 5.30. The second kappa shape index (κ2) is 3.13. The van der Waals surface area contributed by atoms with Gasteiger partial charge in [-0.05, 0) is 25.7 Å². The zero-order chi connectivity index (χ0) is 8.39. The molecule has 0 aromatic heterocycles. The number of hydrogen-bond acceptors (Lipinski definition) is 3. The molecule has 1 aliphatic carbocycles. The van der Waals surface area contributed by atoms with E-state index in [4.69, 9.17) is 4.74 Å². The van der Waals surface area contributed by atoms with Gasteiger partial charge in [0.25, 0.3) is 0 Å². The van der Waals surface area contributed by atoms with Gasteiger partial charge in [0, 0.05) is 0 Å². The molecule has 0 spiro atoms. The molecule has 0 saturated heterocycles. The molecule has 1 amide bonds. The first-order chi connectivity index (χ1) is 5.84. The van der Waals surface area contributed by atoms with Gasteiger partial charge in [-0.15, -0.1) is 5.10 Å². The highest BCUT2D eigenvalue weighted by Crippen LogP contribution is 2.21. The fraction of sp³-hybridized carbons (Fsp3) is 0.750. The highest BCUT2D eigenvalue weighted by molar-refractivity contribution is 6.01. The summed E-state index contributed by atoms with van der Waals surface area (Å²) in [6.45, 7) is 0. The number of amides is 1. The third kappa shape index (κ3) is 1.57. The molecule has 0 atom stereocenters. The molecule has 0 radical (unpaired) electrons. The monoisotopic (exact) mass is 168 g/mol. The van der Waals surface area contributed by atoms with Crippen molar-refractivity contribution in [3.63, 3.8) is 0 Å². The molecule has 12 heavy (non-hydrogen) atoms. The van der Waals surface area contributed by atoms with Gasteiger partial charge in [-0.3, -0.25) is 4.79 Å². The lowest BCUT2D eigenvalue weighted by atomic mass is 10.3. The van der Waals surface area contributed by atoms with Gasteiger partial charge < -0.3 is 4.74 Å². The topological polar surface area (TPSA) is 50.7 Å². The Morgan fingerprint density at radius 1 is 1.42 bits per heavy atom. The first kappa shape index (κ1) is 7.58. The smallest absolute Gasteiger partial charge is 0.249 e. The minimum atomic E-state index is -0.0667. The highest BCUT2D eigenvalue weighted by atomic mass is 16.5. The van der Waals surface area contributed by atoms with Gasteiger partial charge >= 0.3 is 0 Å². The van der Waals surface area contributed by atoms with Crippen LogP contribution < -0.4 is 5.43 Å². The summed E-state index contributed by atoms with van der Waals surface area (Å²) in [6, 6.07) is 0. The molecule has 0 bridgehead atoms. The number of hydrogen-bond donors (Lipinski definition) is 1. The molecule has 1 aliphatic heterocycles. The zero-order valence-electron chi connectivity index (χ0n) is 6.88. The van der Waals surface area contributed by atoms with Crippen molar-refractivity contribution in [2.75, 3.05) is 0 Å². The van der Waals surface area contributed by atoms with Crippen LogP contribution in [0.5, 0.6) is 0 Å². The van der Waals surface area contributed by atoms with Gasteiger partial charge in [0.15, 0.2) is 0 Å². The Bertz CT molecular complexity index is 219. The van der Waals surface area contributed by atoms with Crippen molar-refractivity contribution < 1.29 is 9.53 Å². The Labute approximate surface area is 71.0 Å². The molecule has 0 aromatic carbocycles. The molecule has 0 unspecified atom stereocenters. The third-order valence-electron chi connectivity index (χ3n) is 2.22. The van der Waals surface area contributed by atoms with Crippen LogP contribution in [0.15, 0.2) is 5.10 Å². The molecule has 66 valence electrons. The van der Waals surface area contributed by atoms with Crippen LogP contribution in [0.4, 0.5) is 0 Å². The summed E-state index contributed by atoms with van der Waals surface area (Å²) in [7, 11) is 0. The normalized spacial score (nSPS) is 24.0. The first-order valence-corrected chi connectivity index (χ1v) is 4.36. The van der Waals surface area contributed by atoms with Crippen LogP contribution in [-0.4, -0.2) is 17.9 Å². The Morgan fingerprint density at radius 3 is 2.75 bits per heavy atom. The molecule has 1 fully saturated rings. The summed E-state index contributed by atoms with van der Waals surface area (Å²) < 4.78 is 5.51. The Morgan fingerprint density at radius 2 is 2.17 bits per heavy atom. The van der Waals surface area contributed by atoms with E-state index in [0.717, 1.165) is 12.8 Å². The van der Waals surface area contributed by atoms with Crippen molar-refractivity contribution in [2.24, 2.45) is 5.10 Å². The highest BCUT2D eigenvalue weighted by Gasteiger charge is 2.22. The minimum Gasteiger partial charge on any atom is -0.476 e. The van der Waals surface area contributed by atoms with E-state index in [2.05, 4.69) is 10.5 Å². The van der Waals surface area contributed by atoms with Crippen LogP contribution in [0, 0.1) is 0 Å². The molecule has 4 heteroatoms. The Hall–Kier alpha value is -1.06. The van der Waals surface area contributed by atoms with Crippen molar-refractivity contribution in [3.8, 4) is 0 Å². The molecule has 1 N–H and O–H groups in total. The Balaban J connectivity index is 1.82. The molecular formula is C8H12N2O2. The molecule has 4 nitrogen and oxygen atoms in total. The van der Waals surface area contributed by atoms with Gasteiger partial charge in [-0.2, -0.15) is 0 Å². The quantitative estimate of drug-likeness (QED) is 0.629. The van der Waals surface area contributed by atoms with Gasteiger partial charge in [0.2, 0.25) is 11.8 Å². The van der Waals surface area contributed by atoms with E-state index >= 15 is 0 Å². The summed E-state index contributed by atoms with van der Waals surface area (Å²) >= 11 is 0. The first-order valence-electron chi connectivity index (χ1n) is 4.36. The van der Waals surface area contributed by atoms with E-state index in [1.165, 1.54) is 12.8 Å². The molecule has 2 rings (SSSR count). The van der Waals surface area contributed by atoms with Gasteiger partial charge in [0.05, 0.1) is 0 Å². The second-order valence-electron chi connectivity index (χ2n) is 3.24. The minimum absolute atomic E-state index is 0.0667. The van der Waals surface area contributed by atoms with E-state index in [0.29, 0.717) is 18.4 Å². The predicted octanol–water partition coefficient (Wildman–Crippen LogP) is 0.779. The maximum Gasteiger partial charge on any atom is 0.249 e. The van der Waals surface area contributed by atoms with Crippen molar-refractivity contribution in [3.05, 3.63) is 0 Å². The third-order valence-corrected chi connectivity index (χ3v) is 2.22. The average molecular weight is 168 g/mol. The summed E-state index contributed by atoms with van der Waals surface area (Å²) in [5.41, 5.74) is 2.37. The van der Waals surface area contributed by atoms with Crippen LogP contribution in [0.2, 0.25) is 0 Å². The van der Waals surface area contributed by atoms with Gasteiger partial charge in [-0.25, -0.2) is 5.43 Å². The van der Waals surface area contributed by atoms with E-state index in [1.807, 2.05) is 0 Å². The lowest BCUT2D eigenvalue weighted by Crippen LogP contribution is -2.14. The van der Waals surface area contributed by atoms with Crippen LogP contribution in [0.1, 0.15) is 32.1 Å².